The monoisotopic (exact) mass is 569 g/mol. The summed E-state index contributed by atoms with van der Waals surface area (Å²) in [6.07, 6.45) is 1.16. The summed E-state index contributed by atoms with van der Waals surface area (Å²) in [7, 11) is 0. The number of anilines is 2. The molecule has 0 aliphatic carbocycles. The first-order chi connectivity index (χ1) is 19.4. The first-order valence-electron chi connectivity index (χ1n) is 13.0. The van der Waals surface area contributed by atoms with Crippen molar-refractivity contribution in [2.75, 3.05) is 42.5 Å². The maximum absolute atomic E-state index is 15.1. The standard InChI is InChI=1S/C27H32FN7O6/c1-17(36)29-13-20-15-34(26(39)40-20)19-6-7-21(22(28)11-19)18-5-8-23(30-12-18)33-9-10-35(32-16-33)24(37)14-31-25(38)41-27(2,3)4/h5-8,11-12,16,20H,9-10,13-15H2,1-4H3,(H,29,36)(H,31,38)/t20-/m0/s1. The molecule has 2 aliphatic rings. The molecule has 4 rings (SSSR count). The van der Waals surface area contributed by atoms with Crippen LogP contribution in [-0.4, -0.2) is 84.8 Å². The number of carbonyl (C=O) groups is 4. The second-order valence-corrected chi connectivity index (χ2v) is 10.4. The molecule has 0 bridgehead atoms. The number of cyclic esters (lactones) is 1. The minimum atomic E-state index is -0.685. The number of hydrogen-bond donors (Lipinski definition) is 2. The number of amides is 4. The maximum Gasteiger partial charge on any atom is 0.414 e. The van der Waals surface area contributed by atoms with Gasteiger partial charge in [-0.2, -0.15) is 5.10 Å². The van der Waals surface area contributed by atoms with E-state index >= 15 is 4.39 Å². The van der Waals surface area contributed by atoms with Crippen LogP contribution in [0, 0.1) is 5.82 Å². The lowest BCUT2D eigenvalue weighted by atomic mass is 10.1. The van der Waals surface area contributed by atoms with Gasteiger partial charge in [-0.3, -0.25) is 14.5 Å². The zero-order valence-electron chi connectivity index (χ0n) is 23.2. The Morgan fingerprint density at radius 1 is 1.15 bits per heavy atom. The van der Waals surface area contributed by atoms with Gasteiger partial charge < -0.3 is 25.0 Å². The molecule has 3 heterocycles. The van der Waals surface area contributed by atoms with Crippen molar-refractivity contribution in [3.05, 3.63) is 42.3 Å². The summed E-state index contributed by atoms with van der Waals surface area (Å²) >= 11 is 0. The number of pyridine rings is 1. The molecule has 1 aromatic carbocycles. The zero-order chi connectivity index (χ0) is 29.7. The van der Waals surface area contributed by atoms with Gasteiger partial charge in [0.15, 0.2) is 0 Å². The van der Waals surface area contributed by atoms with Gasteiger partial charge in [-0.15, -0.1) is 0 Å². The summed E-state index contributed by atoms with van der Waals surface area (Å²) in [6, 6.07) is 7.86. The highest BCUT2D eigenvalue weighted by Gasteiger charge is 2.33. The predicted octanol–water partition coefficient (Wildman–Crippen LogP) is 2.47. The molecule has 14 heteroatoms. The highest BCUT2D eigenvalue weighted by Crippen LogP contribution is 2.29. The van der Waals surface area contributed by atoms with Gasteiger partial charge in [0, 0.05) is 30.8 Å². The second-order valence-electron chi connectivity index (χ2n) is 10.4. The van der Waals surface area contributed by atoms with E-state index < -0.39 is 29.7 Å². The van der Waals surface area contributed by atoms with Gasteiger partial charge in [0.1, 0.15) is 36.2 Å². The summed E-state index contributed by atoms with van der Waals surface area (Å²) in [6.45, 7) is 7.36. The van der Waals surface area contributed by atoms with Crippen LogP contribution in [0.15, 0.2) is 41.6 Å². The Morgan fingerprint density at radius 3 is 2.54 bits per heavy atom. The highest BCUT2D eigenvalue weighted by atomic mass is 19.1. The van der Waals surface area contributed by atoms with E-state index in [-0.39, 0.29) is 38.0 Å². The first-order valence-corrected chi connectivity index (χ1v) is 13.0. The Kier molecular flexibility index (Phi) is 8.69. The van der Waals surface area contributed by atoms with E-state index in [9.17, 15) is 19.2 Å². The second kappa shape index (κ2) is 12.2. The van der Waals surface area contributed by atoms with E-state index in [4.69, 9.17) is 9.47 Å². The van der Waals surface area contributed by atoms with E-state index in [0.29, 0.717) is 29.2 Å². The lowest BCUT2D eigenvalue weighted by Crippen LogP contribution is -2.45. The third-order valence-corrected chi connectivity index (χ3v) is 6.02. The van der Waals surface area contributed by atoms with Crippen molar-refractivity contribution in [3.8, 4) is 11.1 Å². The van der Waals surface area contributed by atoms with Gasteiger partial charge in [0.05, 0.1) is 25.3 Å². The Morgan fingerprint density at radius 2 is 1.93 bits per heavy atom. The molecule has 0 radical (unpaired) electrons. The van der Waals surface area contributed by atoms with E-state index in [0.717, 1.165) is 0 Å². The van der Waals surface area contributed by atoms with Crippen LogP contribution in [0.25, 0.3) is 11.1 Å². The quantitative estimate of drug-likeness (QED) is 0.517. The van der Waals surface area contributed by atoms with Crippen molar-refractivity contribution in [2.45, 2.75) is 39.4 Å². The summed E-state index contributed by atoms with van der Waals surface area (Å²) in [5.74, 6) is -0.606. The number of hydrazone groups is 1. The fourth-order valence-corrected chi connectivity index (χ4v) is 4.08. The molecule has 4 amide bonds. The molecule has 1 fully saturated rings. The third kappa shape index (κ3) is 7.68. The van der Waals surface area contributed by atoms with Crippen molar-refractivity contribution in [3.63, 3.8) is 0 Å². The van der Waals surface area contributed by atoms with E-state index in [1.54, 1.807) is 49.9 Å². The largest absolute Gasteiger partial charge is 0.444 e. The number of aromatic nitrogens is 1. The molecule has 41 heavy (non-hydrogen) atoms. The minimum absolute atomic E-state index is 0.178. The lowest BCUT2D eigenvalue weighted by Gasteiger charge is -2.28. The summed E-state index contributed by atoms with van der Waals surface area (Å²) in [5.41, 5.74) is 0.510. The number of carbonyl (C=O) groups excluding carboxylic acids is 4. The SMILES string of the molecule is CC(=O)NC[C@H]1CN(c2ccc(-c3ccc(N4C=NN(C(=O)CNC(=O)OC(C)(C)C)CC4)nc3)c(F)c2)C(=O)O1. The number of halogens is 1. The van der Waals surface area contributed by atoms with Crippen LogP contribution < -0.4 is 20.4 Å². The van der Waals surface area contributed by atoms with Crippen molar-refractivity contribution < 1.29 is 33.0 Å². The van der Waals surface area contributed by atoms with Crippen molar-refractivity contribution >= 4 is 41.8 Å². The third-order valence-electron chi connectivity index (χ3n) is 6.02. The predicted molar refractivity (Wildman–Crippen MR) is 148 cm³/mol. The Labute approximate surface area is 236 Å². The summed E-state index contributed by atoms with van der Waals surface area (Å²) < 4.78 is 25.4. The fourth-order valence-electron chi connectivity index (χ4n) is 4.08. The molecular weight excluding hydrogens is 537 g/mol. The molecule has 13 nitrogen and oxygen atoms in total. The normalized spacial score (nSPS) is 16.9. The molecule has 2 N–H and O–H groups in total. The molecule has 0 unspecified atom stereocenters. The molecule has 0 spiro atoms. The van der Waals surface area contributed by atoms with Crippen LogP contribution in [-0.2, 0) is 19.1 Å². The number of nitrogens with one attached hydrogen (secondary N) is 2. The lowest BCUT2D eigenvalue weighted by molar-refractivity contribution is -0.130. The number of rotatable bonds is 7. The minimum Gasteiger partial charge on any atom is -0.444 e. The molecule has 1 aromatic heterocycles. The van der Waals surface area contributed by atoms with E-state index in [1.807, 2.05) is 0 Å². The maximum atomic E-state index is 15.1. The number of alkyl carbamates (subject to hydrolysis) is 1. The average molecular weight is 570 g/mol. The molecule has 218 valence electrons. The van der Waals surface area contributed by atoms with Crippen LogP contribution >= 0.6 is 0 Å². The summed E-state index contributed by atoms with van der Waals surface area (Å²) in [5, 5.41) is 10.4. The molecule has 2 aromatic rings. The molecule has 1 atom stereocenters. The Hall–Kier alpha value is -4.75. The highest BCUT2D eigenvalue weighted by molar-refractivity contribution is 5.90. The van der Waals surface area contributed by atoms with Gasteiger partial charge in [-0.05, 0) is 51.1 Å². The first kappa shape index (κ1) is 29.2. The number of benzene rings is 1. The Balaban J connectivity index is 1.34. The van der Waals surface area contributed by atoms with Gasteiger partial charge in [0.2, 0.25) is 5.91 Å². The van der Waals surface area contributed by atoms with Gasteiger partial charge >= 0.3 is 12.2 Å². The number of hydrogen-bond acceptors (Lipinski definition) is 9. The molecular formula is C27H32FN7O6. The van der Waals surface area contributed by atoms with Crippen LogP contribution in [0.4, 0.5) is 25.5 Å². The Bertz CT molecular complexity index is 1340. The van der Waals surface area contributed by atoms with Crippen molar-refractivity contribution in [1.82, 2.24) is 20.6 Å². The van der Waals surface area contributed by atoms with Crippen LogP contribution in [0.5, 0.6) is 0 Å². The van der Waals surface area contributed by atoms with Crippen LogP contribution in [0.3, 0.4) is 0 Å². The van der Waals surface area contributed by atoms with Crippen molar-refractivity contribution in [2.24, 2.45) is 5.10 Å². The fraction of sp³-hybridized carbons (Fsp3) is 0.407. The van der Waals surface area contributed by atoms with Gasteiger partial charge in [-0.25, -0.2) is 24.0 Å². The molecule has 2 aliphatic heterocycles. The van der Waals surface area contributed by atoms with Gasteiger partial charge in [-0.1, -0.05) is 0 Å². The van der Waals surface area contributed by atoms with Crippen LogP contribution in [0.2, 0.25) is 0 Å². The smallest absolute Gasteiger partial charge is 0.414 e. The van der Waals surface area contributed by atoms with E-state index in [1.165, 1.54) is 35.4 Å². The number of nitrogens with zero attached hydrogens (tertiary/aromatic N) is 5. The molecule has 1 saturated heterocycles. The average Bonchev–Trinajstić information content (AvgIpc) is 3.30. The van der Waals surface area contributed by atoms with Crippen molar-refractivity contribution in [1.29, 1.82) is 0 Å². The summed E-state index contributed by atoms with van der Waals surface area (Å²) in [4.78, 5) is 55.0. The van der Waals surface area contributed by atoms with Gasteiger partial charge in [0.25, 0.3) is 5.91 Å². The van der Waals surface area contributed by atoms with E-state index in [2.05, 4.69) is 20.7 Å². The molecule has 0 saturated carbocycles. The topological polar surface area (TPSA) is 146 Å². The number of ether oxygens (including phenoxy) is 2. The zero-order valence-corrected chi connectivity index (χ0v) is 23.2. The van der Waals surface area contributed by atoms with Crippen LogP contribution in [0.1, 0.15) is 27.7 Å².